The highest BCUT2D eigenvalue weighted by molar-refractivity contribution is 5.17. The van der Waals surface area contributed by atoms with Crippen LogP contribution in [0.1, 0.15) is 103 Å². The maximum atomic E-state index is 14.0. The topological polar surface area (TPSA) is 0 Å². The summed E-state index contributed by atoms with van der Waals surface area (Å²) < 4.78 is 282. The lowest BCUT2D eigenvalue weighted by Gasteiger charge is -2.44. The molecule has 21 heteroatoms. The Morgan fingerprint density at radius 3 is 0.723 bits per heavy atom. The zero-order chi connectivity index (χ0) is 37.6. The number of unbranched alkanes of at least 4 members (excludes halogenated alkanes) is 13. The normalized spacial score (nSPS) is 15.4. The van der Waals surface area contributed by atoms with Crippen LogP contribution in [0.15, 0.2) is 0 Å². The van der Waals surface area contributed by atoms with Crippen molar-refractivity contribution < 1.29 is 92.2 Å². The lowest BCUT2D eigenvalue weighted by atomic mass is 9.85. The van der Waals surface area contributed by atoms with E-state index in [0.717, 1.165) is 51.4 Å². The molecule has 0 saturated carbocycles. The zero-order valence-electron chi connectivity index (χ0n) is 24.5. The molecule has 0 unspecified atom stereocenters. The first kappa shape index (κ1) is 45.5. The van der Waals surface area contributed by atoms with Crippen molar-refractivity contribution in [3.63, 3.8) is 0 Å². The summed E-state index contributed by atoms with van der Waals surface area (Å²) in [5, 5.41) is 0. The summed E-state index contributed by atoms with van der Waals surface area (Å²) in [6.07, 6.45) is -2.67. The summed E-state index contributed by atoms with van der Waals surface area (Å²) in [5.41, 5.74) is 0. The van der Waals surface area contributed by atoms with E-state index in [9.17, 15) is 92.2 Å². The summed E-state index contributed by atoms with van der Waals surface area (Å²) in [6.45, 7) is 2.05. The minimum absolute atomic E-state index is 0.0125. The molecule has 0 radical (unpaired) electrons. The van der Waals surface area contributed by atoms with E-state index in [-0.39, 0.29) is 6.42 Å². The smallest absolute Gasteiger partial charge is 0.200 e. The molecular formula is C26H33F21. The van der Waals surface area contributed by atoms with Crippen LogP contribution < -0.4 is 0 Å². The Morgan fingerprint density at radius 1 is 0.255 bits per heavy atom. The number of alkyl halides is 21. The first-order chi connectivity index (χ1) is 20.8. The molecule has 47 heavy (non-hydrogen) atoms. The van der Waals surface area contributed by atoms with Crippen LogP contribution in [0.25, 0.3) is 0 Å². The highest BCUT2D eigenvalue weighted by atomic mass is 19.4. The van der Waals surface area contributed by atoms with Gasteiger partial charge in [-0.25, -0.2) is 0 Å². The van der Waals surface area contributed by atoms with Crippen molar-refractivity contribution in [2.45, 2.75) is 163 Å². The third-order valence-electron chi connectivity index (χ3n) is 7.42. The van der Waals surface area contributed by atoms with Crippen molar-refractivity contribution in [3.05, 3.63) is 0 Å². The van der Waals surface area contributed by atoms with Crippen LogP contribution >= 0.6 is 0 Å². The third kappa shape index (κ3) is 8.64. The number of rotatable bonds is 23. The van der Waals surface area contributed by atoms with Gasteiger partial charge in [-0.15, -0.1) is 0 Å². The molecule has 0 spiro atoms. The van der Waals surface area contributed by atoms with Gasteiger partial charge in [0.25, 0.3) is 0 Å². The zero-order valence-corrected chi connectivity index (χ0v) is 24.5. The molecule has 0 fully saturated rings. The molecule has 0 aliphatic carbocycles. The van der Waals surface area contributed by atoms with Gasteiger partial charge in [0, 0.05) is 6.42 Å². The van der Waals surface area contributed by atoms with Crippen LogP contribution in [0, 0.1) is 0 Å². The number of halogens is 21. The highest BCUT2D eigenvalue weighted by Gasteiger charge is 2.97. The Kier molecular flexibility index (Phi) is 15.1. The quantitative estimate of drug-likeness (QED) is 0.0722. The van der Waals surface area contributed by atoms with Gasteiger partial charge in [-0.3, -0.25) is 0 Å². The maximum absolute atomic E-state index is 14.0. The van der Waals surface area contributed by atoms with Gasteiger partial charge in [-0.2, -0.15) is 92.2 Å². The van der Waals surface area contributed by atoms with Crippen molar-refractivity contribution in [1.29, 1.82) is 0 Å². The molecule has 0 aliphatic heterocycles. The summed E-state index contributed by atoms with van der Waals surface area (Å²) in [6, 6.07) is 0. The van der Waals surface area contributed by atoms with E-state index in [1.165, 1.54) is 0 Å². The molecule has 0 aromatic carbocycles. The second-order valence-electron chi connectivity index (χ2n) is 11.1. The molecule has 0 aromatic heterocycles. The van der Waals surface area contributed by atoms with Crippen molar-refractivity contribution in [3.8, 4) is 0 Å². The maximum Gasteiger partial charge on any atom is 0.460 e. The van der Waals surface area contributed by atoms with Gasteiger partial charge in [0.1, 0.15) is 0 Å². The molecular weight excluding hydrogens is 711 g/mol. The average Bonchev–Trinajstić information content (AvgIpc) is 2.91. The van der Waals surface area contributed by atoms with Crippen LogP contribution in [-0.2, 0) is 0 Å². The molecule has 0 atom stereocenters. The van der Waals surface area contributed by atoms with Crippen molar-refractivity contribution in [1.82, 2.24) is 0 Å². The van der Waals surface area contributed by atoms with Crippen LogP contribution in [-0.4, -0.2) is 59.5 Å². The predicted octanol–water partition coefficient (Wildman–Crippen LogP) is 13.1. The van der Waals surface area contributed by atoms with Gasteiger partial charge in [0.2, 0.25) is 0 Å². The SMILES string of the molecule is CCCCCCCCCCCCCCCCC(F)(F)C(F)(F)C(F)(F)C(F)(F)C(F)(F)C(F)(F)C(F)(F)C(F)(F)C(F)(F)C(F)(F)F. The second-order valence-corrected chi connectivity index (χ2v) is 11.1. The van der Waals surface area contributed by atoms with E-state index in [0.29, 0.717) is 19.3 Å². The second kappa shape index (κ2) is 15.6. The summed E-state index contributed by atoms with van der Waals surface area (Å²) in [5.74, 6) is -76.3. The molecule has 0 aromatic rings. The molecule has 0 amide bonds. The van der Waals surface area contributed by atoms with E-state index < -0.39 is 78.7 Å². The molecule has 0 aliphatic rings. The minimum atomic E-state index is -9.13. The van der Waals surface area contributed by atoms with Gasteiger partial charge in [-0.1, -0.05) is 90.4 Å². The Hall–Kier alpha value is -1.47. The van der Waals surface area contributed by atoms with Gasteiger partial charge in [0.05, 0.1) is 0 Å². The fourth-order valence-electron chi connectivity index (χ4n) is 4.29. The number of hydrogen-bond acceptors (Lipinski definition) is 0. The summed E-state index contributed by atoms with van der Waals surface area (Å²) >= 11 is 0. The van der Waals surface area contributed by atoms with Gasteiger partial charge >= 0.3 is 59.5 Å². The Bertz CT molecular complexity index is 935. The molecule has 0 nitrogen and oxygen atoms in total. The van der Waals surface area contributed by atoms with E-state index >= 15 is 0 Å². The van der Waals surface area contributed by atoms with E-state index in [1.54, 1.807) is 0 Å². The highest BCUT2D eigenvalue weighted by Crippen LogP contribution is 2.66. The number of hydrogen-bond donors (Lipinski definition) is 0. The lowest BCUT2D eigenvalue weighted by molar-refractivity contribution is -0.474. The monoisotopic (exact) mass is 744 g/mol. The first-order valence-corrected chi connectivity index (χ1v) is 14.3. The fourth-order valence-corrected chi connectivity index (χ4v) is 4.29. The molecule has 0 bridgehead atoms. The standard InChI is InChI=1S/C26H33F21/c1-2-3-4-5-6-7-8-9-10-11-12-13-14-15-16-17(27,28)18(29,30)19(31,32)20(33,34)21(35,36)22(37,38)23(39,40)24(41,42)25(43,44)26(45,46)47/h2-16H2,1H3. The summed E-state index contributed by atoms with van der Waals surface area (Å²) in [4.78, 5) is 0. The van der Waals surface area contributed by atoms with Crippen LogP contribution in [0.2, 0.25) is 0 Å². The van der Waals surface area contributed by atoms with Gasteiger partial charge in [-0.05, 0) is 6.42 Å². The van der Waals surface area contributed by atoms with E-state index in [4.69, 9.17) is 0 Å². The third-order valence-corrected chi connectivity index (χ3v) is 7.42. The van der Waals surface area contributed by atoms with Crippen LogP contribution in [0.5, 0.6) is 0 Å². The van der Waals surface area contributed by atoms with Crippen molar-refractivity contribution in [2.24, 2.45) is 0 Å². The molecule has 0 N–H and O–H groups in total. The van der Waals surface area contributed by atoms with Gasteiger partial charge < -0.3 is 0 Å². The van der Waals surface area contributed by atoms with Crippen molar-refractivity contribution >= 4 is 0 Å². The molecule has 0 rings (SSSR count). The Balaban J connectivity index is 5.62. The largest absolute Gasteiger partial charge is 0.460 e. The minimum Gasteiger partial charge on any atom is -0.200 e. The van der Waals surface area contributed by atoms with Crippen LogP contribution in [0.4, 0.5) is 92.2 Å². The molecule has 0 saturated heterocycles. The summed E-state index contributed by atoms with van der Waals surface area (Å²) in [7, 11) is 0. The van der Waals surface area contributed by atoms with Gasteiger partial charge in [0.15, 0.2) is 0 Å². The molecule has 0 heterocycles. The van der Waals surface area contributed by atoms with Crippen molar-refractivity contribution in [2.75, 3.05) is 0 Å². The van der Waals surface area contributed by atoms with E-state index in [2.05, 4.69) is 6.92 Å². The lowest BCUT2D eigenvalue weighted by Crippen LogP contribution is -2.76. The Labute approximate surface area is 255 Å². The fraction of sp³-hybridized carbons (Fsp3) is 1.00. The van der Waals surface area contributed by atoms with E-state index in [1.807, 2.05) is 0 Å². The van der Waals surface area contributed by atoms with Crippen LogP contribution in [0.3, 0.4) is 0 Å². The molecule has 284 valence electrons. The predicted molar refractivity (Wildman–Crippen MR) is 126 cm³/mol. The first-order valence-electron chi connectivity index (χ1n) is 14.3. The average molecular weight is 745 g/mol. The Morgan fingerprint density at radius 2 is 0.468 bits per heavy atom.